The molecule has 0 bridgehead atoms. The summed E-state index contributed by atoms with van der Waals surface area (Å²) in [4.78, 5) is 2.40. The van der Waals surface area contributed by atoms with E-state index in [4.69, 9.17) is 4.42 Å². The van der Waals surface area contributed by atoms with E-state index in [9.17, 15) is 0 Å². The number of hydrogen-bond donors (Lipinski definition) is 1. The Morgan fingerprint density at radius 1 is 1.39 bits per heavy atom. The first-order valence-corrected chi connectivity index (χ1v) is 7.06. The van der Waals surface area contributed by atoms with E-state index in [2.05, 4.69) is 44.1 Å². The van der Waals surface area contributed by atoms with Gasteiger partial charge in [-0.1, -0.05) is 13.8 Å². The van der Waals surface area contributed by atoms with Crippen molar-refractivity contribution in [1.29, 1.82) is 0 Å². The lowest BCUT2D eigenvalue weighted by molar-refractivity contribution is 0.210. The lowest BCUT2D eigenvalue weighted by Crippen LogP contribution is -2.30. The van der Waals surface area contributed by atoms with Crippen LogP contribution in [-0.2, 0) is 13.1 Å². The molecule has 3 heteroatoms. The van der Waals surface area contributed by atoms with Crippen LogP contribution in [0.3, 0.4) is 0 Å². The molecule has 1 aromatic heterocycles. The third-order valence-corrected chi connectivity index (χ3v) is 3.83. The smallest absolute Gasteiger partial charge is 0.118 e. The molecule has 1 aliphatic carbocycles. The lowest BCUT2D eigenvalue weighted by Gasteiger charge is -2.23. The molecule has 0 aromatic carbocycles. The van der Waals surface area contributed by atoms with Gasteiger partial charge in [0.25, 0.3) is 0 Å². The quantitative estimate of drug-likeness (QED) is 0.806. The molecule has 1 saturated carbocycles. The molecule has 0 spiro atoms. The number of rotatable bonds is 7. The van der Waals surface area contributed by atoms with Gasteiger partial charge in [-0.05, 0) is 38.8 Å². The van der Waals surface area contributed by atoms with Crippen LogP contribution in [0.15, 0.2) is 16.7 Å². The minimum absolute atomic E-state index is 0.515. The summed E-state index contributed by atoms with van der Waals surface area (Å²) in [6, 6.07) is 3.36. The van der Waals surface area contributed by atoms with Crippen LogP contribution in [0.1, 0.15) is 44.9 Å². The van der Waals surface area contributed by atoms with Crippen LogP contribution in [0, 0.1) is 5.92 Å². The van der Waals surface area contributed by atoms with E-state index >= 15 is 0 Å². The largest absolute Gasteiger partial charge is 0.468 e. The zero-order valence-electron chi connectivity index (χ0n) is 12.1. The maximum atomic E-state index is 5.64. The van der Waals surface area contributed by atoms with Crippen molar-refractivity contribution in [3.05, 3.63) is 23.7 Å². The summed E-state index contributed by atoms with van der Waals surface area (Å²) in [5.74, 6) is 1.98. The van der Waals surface area contributed by atoms with Crippen LogP contribution in [0.5, 0.6) is 0 Å². The van der Waals surface area contributed by atoms with Gasteiger partial charge >= 0.3 is 0 Å². The Kier molecular flexibility index (Phi) is 4.46. The molecule has 102 valence electrons. The molecule has 1 atom stereocenters. The number of nitrogens with zero attached hydrogens (tertiary/aromatic N) is 1. The summed E-state index contributed by atoms with van der Waals surface area (Å²) >= 11 is 0. The summed E-state index contributed by atoms with van der Waals surface area (Å²) in [5, 5.41) is 3.41. The highest BCUT2D eigenvalue weighted by Gasteiger charge is 2.30. The second-order valence-corrected chi connectivity index (χ2v) is 5.95. The predicted molar refractivity (Wildman–Crippen MR) is 74.3 cm³/mol. The van der Waals surface area contributed by atoms with Crippen molar-refractivity contribution < 1.29 is 4.42 Å². The van der Waals surface area contributed by atoms with E-state index in [1.165, 1.54) is 18.4 Å². The van der Waals surface area contributed by atoms with E-state index in [0.29, 0.717) is 12.1 Å². The minimum Gasteiger partial charge on any atom is -0.468 e. The summed E-state index contributed by atoms with van der Waals surface area (Å²) in [6.45, 7) is 8.45. The maximum Gasteiger partial charge on any atom is 0.118 e. The van der Waals surface area contributed by atoms with Crippen LogP contribution in [-0.4, -0.2) is 24.0 Å². The zero-order valence-corrected chi connectivity index (χ0v) is 12.1. The molecule has 18 heavy (non-hydrogen) atoms. The van der Waals surface area contributed by atoms with Gasteiger partial charge in [-0.15, -0.1) is 0 Å². The Morgan fingerprint density at radius 2 is 2.11 bits per heavy atom. The van der Waals surface area contributed by atoms with Crippen LogP contribution < -0.4 is 5.32 Å². The van der Waals surface area contributed by atoms with Gasteiger partial charge in [0.1, 0.15) is 5.76 Å². The van der Waals surface area contributed by atoms with Gasteiger partial charge < -0.3 is 9.73 Å². The molecule has 0 aliphatic heterocycles. The first kappa shape index (κ1) is 13.6. The fourth-order valence-corrected chi connectivity index (χ4v) is 2.25. The Hall–Kier alpha value is -0.800. The minimum atomic E-state index is 0.515. The first-order valence-electron chi connectivity index (χ1n) is 7.06. The number of nitrogens with one attached hydrogen (secondary N) is 1. The Morgan fingerprint density at radius 3 is 2.72 bits per heavy atom. The molecule has 0 amide bonds. The van der Waals surface area contributed by atoms with Gasteiger partial charge in [0.2, 0.25) is 0 Å². The van der Waals surface area contributed by atoms with Crippen molar-refractivity contribution in [2.24, 2.45) is 5.92 Å². The van der Waals surface area contributed by atoms with Crippen molar-refractivity contribution in [3.63, 3.8) is 0 Å². The van der Waals surface area contributed by atoms with Gasteiger partial charge in [0.15, 0.2) is 0 Å². The molecule has 1 fully saturated rings. The fourth-order valence-electron chi connectivity index (χ4n) is 2.25. The Bertz CT molecular complexity index is 368. The molecular weight excluding hydrogens is 224 g/mol. The van der Waals surface area contributed by atoms with Gasteiger partial charge in [0, 0.05) is 24.2 Å². The standard InChI is InChI=1S/C15H26N2O/c1-11(2)16-8-13-7-15(18-10-13)9-17(4)12(3)14-5-6-14/h7,10-12,14,16H,5-6,8-9H2,1-4H3. The Labute approximate surface area is 111 Å². The molecule has 0 saturated heterocycles. The molecule has 1 unspecified atom stereocenters. The van der Waals surface area contributed by atoms with E-state index in [1.54, 1.807) is 0 Å². The van der Waals surface area contributed by atoms with Crippen molar-refractivity contribution in [2.75, 3.05) is 7.05 Å². The zero-order chi connectivity index (χ0) is 13.1. The molecule has 0 radical (unpaired) electrons. The lowest BCUT2D eigenvalue weighted by atomic mass is 10.2. The molecule has 1 aromatic rings. The summed E-state index contributed by atoms with van der Waals surface area (Å²) < 4.78 is 5.64. The normalized spacial score (nSPS) is 17.7. The molecule has 1 heterocycles. The average Bonchev–Trinajstić information content (AvgIpc) is 3.07. The third kappa shape index (κ3) is 3.85. The van der Waals surface area contributed by atoms with E-state index < -0.39 is 0 Å². The molecule has 1 N–H and O–H groups in total. The topological polar surface area (TPSA) is 28.4 Å². The molecular formula is C15H26N2O. The number of furan rings is 1. The van der Waals surface area contributed by atoms with E-state index in [-0.39, 0.29) is 0 Å². The number of hydrogen-bond acceptors (Lipinski definition) is 3. The summed E-state index contributed by atoms with van der Waals surface area (Å²) in [6.07, 6.45) is 4.67. The second kappa shape index (κ2) is 5.89. The Balaban J connectivity index is 1.81. The monoisotopic (exact) mass is 250 g/mol. The summed E-state index contributed by atoms with van der Waals surface area (Å²) in [5.41, 5.74) is 1.24. The first-order chi connectivity index (χ1) is 8.56. The van der Waals surface area contributed by atoms with E-state index in [0.717, 1.165) is 24.8 Å². The van der Waals surface area contributed by atoms with Gasteiger partial charge in [-0.2, -0.15) is 0 Å². The van der Waals surface area contributed by atoms with Gasteiger partial charge in [-0.25, -0.2) is 0 Å². The molecule has 2 rings (SSSR count). The highest BCUT2D eigenvalue weighted by molar-refractivity contribution is 5.12. The van der Waals surface area contributed by atoms with Crippen molar-refractivity contribution >= 4 is 0 Å². The van der Waals surface area contributed by atoms with Crippen molar-refractivity contribution in [1.82, 2.24) is 10.2 Å². The van der Waals surface area contributed by atoms with Crippen LogP contribution >= 0.6 is 0 Å². The molecule has 1 aliphatic rings. The van der Waals surface area contributed by atoms with Crippen LogP contribution in [0.25, 0.3) is 0 Å². The van der Waals surface area contributed by atoms with Crippen molar-refractivity contribution in [3.8, 4) is 0 Å². The maximum absolute atomic E-state index is 5.64. The highest BCUT2D eigenvalue weighted by Crippen LogP contribution is 2.35. The predicted octanol–water partition coefficient (Wildman–Crippen LogP) is 3.01. The third-order valence-electron chi connectivity index (χ3n) is 3.83. The van der Waals surface area contributed by atoms with Crippen molar-refractivity contribution in [2.45, 2.75) is 58.8 Å². The van der Waals surface area contributed by atoms with Gasteiger partial charge in [0.05, 0.1) is 12.8 Å². The second-order valence-electron chi connectivity index (χ2n) is 5.95. The van der Waals surface area contributed by atoms with E-state index in [1.807, 2.05) is 6.26 Å². The average molecular weight is 250 g/mol. The SMILES string of the molecule is CC(C)NCc1coc(CN(C)C(C)C2CC2)c1. The molecule has 3 nitrogen and oxygen atoms in total. The highest BCUT2D eigenvalue weighted by atomic mass is 16.3. The van der Waals surface area contributed by atoms with Crippen LogP contribution in [0.4, 0.5) is 0 Å². The fraction of sp³-hybridized carbons (Fsp3) is 0.733. The van der Waals surface area contributed by atoms with Gasteiger partial charge in [-0.3, -0.25) is 4.90 Å². The van der Waals surface area contributed by atoms with Crippen LogP contribution in [0.2, 0.25) is 0 Å². The summed E-state index contributed by atoms with van der Waals surface area (Å²) in [7, 11) is 2.19.